The number of hydrogen-bond acceptors (Lipinski definition) is 2. The van der Waals surface area contributed by atoms with Crippen molar-refractivity contribution in [2.75, 3.05) is 0 Å². The maximum absolute atomic E-state index is 13.7. The van der Waals surface area contributed by atoms with Crippen LogP contribution in [0, 0.1) is 5.82 Å². The summed E-state index contributed by atoms with van der Waals surface area (Å²) in [6.45, 7) is 0. The van der Waals surface area contributed by atoms with Crippen LogP contribution in [0.3, 0.4) is 0 Å². The van der Waals surface area contributed by atoms with Crippen LogP contribution < -0.4 is 5.56 Å². The topological polar surface area (TPSA) is 50.7 Å². The number of pyridine rings is 1. The molecule has 0 radical (unpaired) electrons. The number of nitrogens with one attached hydrogen (secondary N) is 1. The van der Waals surface area contributed by atoms with Gasteiger partial charge in [-0.15, -0.1) is 0 Å². The summed E-state index contributed by atoms with van der Waals surface area (Å²) in [5.74, 6) is -0.545. The van der Waals surface area contributed by atoms with Crippen LogP contribution in [0.1, 0.15) is 0 Å². The minimum Gasteiger partial charge on any atom is -0.290 e. The molecule has 2 aromatic heterocycles. The first-order valence-electron chi connectivity index (χ1n) is 6.59. The minimum absolute atomic E-state index is 0.00388. The number of para-hydroxylation sites is 1. The van der Waals surface area contributed by atoms with Crippen molar-refractivity contribution in [3.05, 3.63) is 69.9 Å². The van der Waals surface area contributed by atoms with Crippen molar-refractivity contribution >= 4 is 33.4 Å². The summed E-state index contributed by atoms with van der Waals surface area (Å²) in [4.78, 5) is 16.7. The Morgan fingerprint density at radius 2 is 1.91 bits per heavy atom. The molecule has 0 aliphatic carbocycles. The predicted molar refractivity (Wildman–Crippen MR) is 84.2 cm³/mol. The lowest BCUT2D eigenvalue weighted by Gasteiger charge is -2.01. The zero-order valence-electron chi connectivity index (χ0n) is 11.2. The number of hydrogen-bond donors (Lipinski definition) is 1. The molecule has 2 aromatic carbocycles. The van der Waals surface area contributed by atoms with Gasteiger partial charge in [0.25, 0.3) is 5.56 Å². The largest absolute Gasteiger partial charge is 0.290 e. The fourth-order valence-electron chi connectivity index (χ4n) is 2.51. The van der Waals surface area contributed by atoms with Gasteiger partial charge in [-0.05, 0) is 24.3 Å². The van der Waals surface area contributed by atoms with Crippen LogP contribution in [0.2, 0.25) is 5.02 Å². The molecule has 6 heteroatoms. The molecule has 0 amide bonds. The minimum atomic E-state index is -0.545. The summed E-state index contributed by atoms with van der Waals surface area (Å²) >= 11 is 5.78. The van der Waals surface area contributed by atoms with Gasteiger partial charge in [-0.25, -0.2) is 9.07 Å². The number of fused-ring (bicyclic) bond motifs is 3. The lowest BCUT2D eigenvalue weighted by atomic mass is 10.1. The summed E-state index contributed by atoms with van der Waals surface area (Å²) < 4.78 is 15.2. The summed E-state index contributed by atoms with van der Waals surface area (Å²) in [7, 11) is 0. The van der Waals surface area contributed by atoms with Gasteiger partial charge in [0.15, 0.2) is 0 Å². The van der Waals surface area contributed by atoms with Gasteiger partial charge in [-0.3, -0.25) is 14.9 Å². The van der Waals surface area contributed by atoms with Crippen molar-refractivity contribution in [3.63, 3.8) is 0 Å². The summed E-state index contributed by atoms with van der Waals surface area (Å²) in [6, 6.07) is 11.9. The zero-order valence-corrected chi connectivity index (χ0v) is 11.9. The Morgan fingerprint density at radius 3 is 2.68 bits per heavy atom. The molecule has 22 heavy (non-hydrogen) atoms. The summed E-state index contributed by atoms with van der Waals surface area (Å²) in [5, 5.41) is 3.95. The monoisotopic (exact) mass is 313 g/mol. The van der Waals surface area contributed by atoms with Gasteiger partial charge in [-0.1, -0.05) is 29.8 Å². The molecular weight excluding hydrogens is 305 g/mol. The van der Waals surface area contributed by atoms with Crippen LogP contribution in [0.25, 0.3) is 27.5 Å². The van der Waals surface area contributed by atoms with Gasteiger partial charge in [-0.2, -0.15) is 0 Å². The highest BCUT2D eigenvalue weighted by Gasteiger charge is 2.13. The molecular formula is C16H9ClFN3O. The van der Waals surface area contributed by atoms with Gasteiger partial charge >= 0.3 is 0 Å². The van der Waals surface area contributed by atoms with Crippen LogP contribution in [0.5, 0.6) is 0 Å². The van der Waals surface area contributed by atoms with Gasteiger partial charge < -0.3 is 0 Å². The van der Waals surface area contributed by atoms with E-state index < -0.39 is 5.82 Å². The fraction of sp³-hybridized carbons (Fsp3) is 0. The van der Waals surface area contributed by atoms with Crippen molar-refractivity contribution < 1.29 is 4.39 Å². The van der Waals surface area contributed by atoms with E-state index in [-0.39, 0.29) is 10.6 Å². The average molecular weight is 314 g/mol. The first kappa shape index (κ1) is 13.0. The molecule has 0 saturated heterocycles. The first-order chi connectivity index (χ1) is 10.6. The van der Waals surface area contributed by atoms with Crippen molar-refractivity contribution in [2.45, 2.75) is 0 Å². The number of aromatic nitrogens is 3. The van der Waals surface area contributed by atoms with Crippen LogP contribution in [-0.2, 0) is 0 Å². The van der Waals surface area contributed by atoms with Crippen LogP contribution in [-0.4, -0.2) is 14.8 Å². The Kier molecular flexibility index (Phi) is 2.77. The highest BCUT2D eigenvalue weighted by molar-refractivity contribution is 6.31. The Hall–Kier alpha value is -2.66. The van der Waals surface area contributed by atoms with Crippen molar-refractivity contribution in [1.82, 2.24) is 14.8 Å². The van der Waals surface area contributed by atoms with Gasteiger partial charge in [0.1, 0.15) is 5.82 Å². The van der Waals surface area contributed by atoms with E-state index in [1.165, 1.54) is 23.0 Å². The van der Waals surface area contributed by atoms with Crippen LogP contribution in [0.15, 0.2) is 53.5 Å². The quantitative estimate of drug-likeness (QED) is 0.583. The average Bonchev–Trinajstić information content (AvgIpc) is 2.87. The van der Waals surface area contributed by atoms with Crippen LogP contribution >= 0.6 is 11.6 Å². The maximum Gasteiger partial charge on any atom is 0.280 e. The number of halogens is 2. The molecule has 4 rings (SSSR count). The molecule has 0 unspecified atom stereocenters. The third-order valence-corrected chi connectivity index (χ3v) is 3.87. The van der Waals surface area contributed by atoms with E-state index in [4.69, 9.17) is 11.6 Å². The van der Waals surface area contributed by atoms with E-state index in [1.54, 1.807) is 0 Å². The SMILES string of the molecule is O=c1c2cnc3cc(Cl)c(F)cc3c2[nH]n1-c1ccccc1. The third-order valence-electron chi connectivity index (χ3n) is 3.58. The molecule has 108 valence electrons. The number of rotatable bonds is 1. The number of nitrogens with zero attached hydrogens (tertiary/aromatic N) is 2. The normalized spacial score (nSPS) is 11.4. The van der Waals surface area contributed by atoms with Crippen molar-refractivity contribution in [3.8, 4) is 5.69 Å². The Balaban J connectivity index is 2.12. The van der Waals surface area contributed by atoms with Crippen molar-refractivity contribution in [2.24, 2.45) is 0 Å². The number of benzene rings is 2. The van der Waals surface area contributed by atoms with E-state index in [0.29, 0.717) is 27.5 Å². The van der Waals surface area contributed by atoms with Gasteiger partial charge in [0, 0.05) is 11.6 Å². The lowest BCUT2D eigenvalue weighted by Crippen LogP contribution is -2.13. The lowest BCUT2D eigenvalue weighted by molar-refractivity contribution is 0.630. The molecule has 0 saturated carbocycles. The van der Waals surface area contributed by atoms with Crippen LogP contribution in [0.4, 0.5) is 4.39 Å². The van der Waals surface area contributed by atoms with E-state index in [9.17, 15) is 9.18 Å². The third kappa shape index (κ3) is 1.83. The smallest absolute Gasteiger partial charge is 0.280 e. The van der Waals surface area contributed by atoms with E-state index in [2.05, 4.69) is 10.1 Å². The Bertz CT molecular complexity index is 1070. The number of aromatic amines is 1. The molecule has 0 fully saturated rings. The van der Waals surface area contributed by atoms with E-state index in [0.717, 1.165) is 0 Å². The number of H-pyrrole nitrogens is 1. The van der Waals surface area contributed by atoms with Gasteiger partial charge in [0.2, 0.25) is 0 Å². The molecule has 2 heterocycles. The Morgan fingerprint density at radius 1 is 1.14 bits per heavy atom. The second-order valence-electron chi connectivity index (χ2n) is 4.92. The van der Waals surface area contributed by atoms with E-state index >= 15 is 0 Å². The summed E-state index contributed by atoms with van der Waals surface area (Å²) in [5.41, 5.74) is 1.53. The molecule has 4 nitrogen and oxygen atoms in total. The van der Waals surface area contributed by atoms with Gasteiger partial charge in [0.05, 0.1) is 27.1 Å². The molecule has 0 aliphatic rings. The summed E-state index contributed by atoms with van der Waals surface area (Å²) in [6.07, 6.45) is 1.48. The highest BCUT2D eigenvalue weighted by Crippen LogP contribution is 2.26. The molecule has 4 aromatic rings. The van der Waals surface area contributed by atoms with Crippen molar-refractivity contribution in [1.29, 1.82) is 0 Å². The molecule has 0 aliphatic heterocycles. The first-order valence-corrected chi connectivity index (χ1v) is 6.97. The fourth-order valence-corrected chi connectivity index (χ4v) is 2.67. The zero-order chi connectivity index (χ0) is 15.3. The molecule has 0 bridgehead atoms. The standard InChI is InChI=1S/C16H9ClFN3O/c17-12-7-14-10(6-13(12)18)15-11(8-19-14)16(22)21(20-15)9-4-2-1-3-5-9/h1-8,20H. The predicted octanol–water partition coefficient (Wildman–Crippen LogP) is 3.66. The highest BCUT2D eigenvalue weighted by atomic mass is 35.5. The Labute approximate surface area is 128 Å². The van der Waals surface area contributed by atoms with E-state index in [1.807, 2.05) is 30.3 Å². The molecule has 0 spiro atoms. The molecule has 1 N–H and O–H groups in total. The maximum atomic E-state index is 13.7. The second kappa shape index (κ2) is 4.68. The molecule has 0 atom stereocenters. The second-order valence-corrected chi connectivity index (χ2v) is 5.33.